The molecule has 5 heteroatoms. The Hall–Kier alpha value is -0.320. The lowest BCUT2D eigenvalue weighted by Gasteiger charge is -2.34. The summed E-state index contributed by atoms with van der Waals surface area (Å²) in [5.74, 6) is 1.07. The van der Waals surface area contributed by atoms with E-state index in [1.165, 1.54) is 12.8 Å². The van der Waals surface area contributed by atoms with Gasteiger partial charge in [0.1, 0.15) is 0 Å². The van der Waals surface area contributed by atoms with E-state index in [-0.39, 0.29) is 18.4 Å². The van der Waals surface area contributed by atoms with Crippen molar-refractivity contribution in [3.63, 3.8) is 0 Å². The molecule has 0 aromatic rings. The van der Waals surface area contributed by atoms with Crippen LogP contribution >= 0.6 is 12.4 Å². The number of hydrogen-bond donors (Lipinski definition) is 1. The van der Waals surface area contributed by atoms with E-state index in [1.54, 1.807) is 0 Å². The van der Waals surface area contributed by atoms with E-state index in [1.807, 2.05) is 4.90 Å². The maximum absolute atomic E-state index is 12.1. The summed E-state index contributed by atoms with van der Waals surface area (Å²) >= 11 is 0. The van der Waals surface area contributed by atoms with Gasteiger partial charge in [-0.05, 0) is 45.2 Å². The highest BCUT2D eigenvalue weighted by molar-refractivity contribution is 5.85. The predicted molar refractivity (Wildman–Crippen MR) is 74.1 cm³/mol. The summed E-state index contributed by atoms with van der Waals surface area (Å²) in [6, 6.07) is 0.254. The van der Waals surface area contributed by atoms with Gasteiger partial charge in [0.2, 0.25) is 5.91 Å². The van der Waals surface area contributed by atoms with Crippen molar-refractivity contribution in [2.45, 2.75) is 38.6 Å². The number of carbonyl (C=O) groups excluding carboxylic acids is 1. The van der Waals surface area contributed by atoms with Gasteiger partial charge in [0.25, 0.3) is 0 Å². The van der Waals surface area contributed by atoms with Crippen molar-refractivity contribution in [3.05, 3.63) is 0 Å². The number of nitrogens with zero attached hydrogens (tertiary/aromatic N) is 1. The van der Waals surface area contributed by atoms with Crippen LogP contribution in [0.25, 0.3) is 0 Å². The standard InChI is InChI=1S/C13H24N2O2.ClH/c1-11-10-17-9-8-15(11)13(16)3-2-12-4-6-14-7-5-12;/h11-12,14H,2-10H2,1H3;1H. The highest BCUT2D eigenvalue weighted by Gasteiger charge is 2.24. The number of morpholine rings is 1. The van der Waals surface area contributed by atoms with Crippen molar-refractivity contribution in [1.29, 1.82) is 0 Å². The monoisotopic (exact) mass is 276 g/mol. The predicted octanol–water partition coefficient (Wildman–Crippen LogP) is 1.44. The molecule has 106 valence electrons. The number of hydrogen-bond acceptors (Lipinski definition) is 3. The molecule has 0 saturated carbocycles. The van der Waals surface area contributed by atoms with Crippen molar-refractivity contribution in [1.82, 2.24) is 10.2 Å². The van der Waals surface area contributed by atoms with Crippen molar-refractivity contribution in [3.8, 4) is 0 Å². The molecular formula is C13H25ClN2O2. The van der Waals surface area contributed by atoms with E-state index in [4.69, 9.17) is 4.74 Å². The minimum Gasteiger partial charge on any atom is -0.377 e. The van der Waals surface area contributed by atoms with Gasteiger partial charge in [-0.3, -0.25) is 4.79 Å². The quantitative estimate of drug-likeness (QED) is 0.848. The molecule has 0 radical (unpaired) electrons. The summed E-state index contributed by atoms with van der Waals surface area (Å²) in [6.45, 7) is 6.47. The SMILES string of the molecule is CC1COCCN1C(=O)CCC1CCNCC1.Cl. The Morgan fingerprint density at radius 1 is 1.39 bits per heavy atom. The minimum absolute atomic E-state index is 0. The molecule has 1 amide bonds. The van der Waals surface area contributed by atoms with Crippen LogP contribution in [0.3, 0.4) is 0 Å². The van der Waals surface area contributed by atoms with E-state index in [0.29, 0.717) is 19.1 Å². The Kier molecular flexibility index (Phi) is 6.97. The topological polar surface area (TPSA) is 41.6 Å². The first-order valence-electron chi connectivity index (χ1n) is 6.85. The fraction of sp³-hybridized carbons (Fsp3) is 0.923. The lowest BCUT2D eigenvalue weighted by molar-refractivity contribution is -0.139. The largest absolute Gasteiger partial charge is 0.377 e. The van der Waals surface area contributed by atoms with Crippen LogP contribution in [0.15, 0.2) is 0 Å². The molecule has 1 atom stereocenters. The Morgan fingerprint density at radius 2 is 2.11 bits per heavy atom. The zero-order valence-corrected chi connectivity index (χ0v) is 12.0. The molecule has 4 nitrogen and oxygen atoms in total. The molecule has 0 bridgehead atoms. The summed E-state index contributed by atoms with van der Waals surface area (Å²) < 4.78 is 5.35. The van der Waals surface area contributed by atoms with Gasteiger partial charge in [0.05, 0.1) is 19.3 Å². The number of piperidine rings is 1. The molecule has 2 aliphatic heterocycles. The number of rotatable bonds is 3. The fourth-order valence-corrected chi connectivity index (χ4v) is 2.74. The lowest BCUT2D eigenvalue weighted by atomic mass is 9.93. The Bertz CT molecular complexity index is 257. The number of ether oxygens (including phenoxy) is 1. The molecular weight excluding hydrogens is 252 g/mol. The van der Waals surface area contributed by atoms with Gasteiger partial charge in [-0.15, -0.1) is 12.4 Å². The number of halogens is 1. The molecule has 2 saturated heterocycles. The van der Waals surface area contributed by atoms with E-state index in [9.17, 15) is 4.79 Å². The highest BCUT2D eigenvalue weighted by atomic mass is 35.5. The summed E-state index contributed by atoms with van der Waals surface area (Å²) in [5.41, 5.74) is 0. The molecule has 0 aliphatic carbocycles. The van der Waals surface area contributed by atoms with Gasteiger partial charge in [0.15, 0.2) is 0 Å². The van der Waals surface area contributed by atoms with Crippen LogP contribution in [-0.4, -0.2) is 49.7 Å². The van der Waals surface area contributed by atoms with E-state index >= 15 is 0 Å². The zero-order valence-electron chi connectivity index (χ0n) is 11.2. The van der Waals surface area contributed by atoms with Crippen LogP contribution in [0.5, 0.6) is 0 Å². The Labute approximate surface area is 116 Å². The lowest BCUT2D eigenvalue weighted by Crippen LogP contribution is -2.47. The van der Waals surface area contributed by atoms with E-state index in [0.717, 1.165) is 38.4 Å². The maximum atomic E-state index is 12.1. The second kappa shape index (κ2) is 7.97. The van der Waals surface area contributed by atoms with Crippen LogP contribution < -0.4 is 5.32 Å². The average molecular weight is 277 g/mol. The molecule has 2 fully saturated rings. The van der Waals surface area contributed by atoms with E-state index < -0.39 is 0 Å². The van der Waals surface area contributed by atoms with Gasteiger partial charge < -0.3 is 15.0 Å². The summed E-state index contributed by atoms with van der Waals surface area (Å²) in [5, 5.41) is 3.36. The van der Waals surface area contributed by atoms with Gasteiger partial charge >= 0.3 is 0 Å². The normalized spacial score (nSPS) is 25.6. The van der Waals surface area contributed by atoms with Gasteiger partial charge in [-0.25, -0.2) is 0 Å². The third-order valence-corrected chi connectivity index (χ3v) is 3.91. The first-order valence-corrected chi connectivity index (χ1v) is 6.85. The van der Waals surface area contributed by atoms with Crippen LogP contribution in [-0.2, 0) is 9.53 Å². The van der Waals surface area contributed by atoms with Crippen LogP contribution in [0.1, 0.15) is 32.6 Å². The second-order valence-corrected chi connectivity index (χ2v) is 5.24. The number of amides is 1. The Balaban J connectivity index is 0.00000162. The molecule has 1 N–H and O–H groups in total. The molecule has 18 heavy (non-hydrogen) atoms. The van der Waals surface area contributed by atoms with Crippen molar-refractivity contribution in [2.75, 3.05) is 32.8 Å². The zero-order chi connectivity index (χ0) is 12.1. The fourth-order valence-electron chi connectivity index (χ4n) is 2.74. The molecule has 0 aromatic heterocycles. The molecule has 0 spiro atoms. The van der Waals surface area contributed by atoms with E-state index in [2.05, 4.69) is 12.2 Å². The summed E-state index contributed by atoms with van der Waals surface area (Å²) in [6.07, 6.45) is 4.23. The second-order valence-electron chi connectivity index (χ2n) is 5.24. The minimum atomic E-state index is 0. The molecule has 2 rings (SSSR count). The third-order valence-electron chi connectivity index (χ3n) is 3.91. The summed E-state index contributed by atoms with van der Waals surface area (Å²) in [7, 11) is 0. The Morgan fingerprint density at radius 3 is 2.78 bits per heavy atom. The first-order chi connectivity index (χ1) is 8.27. The number of nitrogens with one attached hydrogen (secondary N) is 1. The van der Waals surface area contributed by atoms with Crippen LogP contribution in [0, 0.1) is 5.92 Å². The smallest absolute Gasteiger partial charge is 0.222 e. The van der Waals surface area contributed by atoms with Crippen LogP contribution in [0.2, 0.25) is 0 Å². The van der Waals surface area contributed by atoms with Gasteiger partial charge in [-0.1, -0.05) is 0 Å². The molecule has 0 aromatic carbocycles. The first kappa shape index (κ1) is 15.7. The van der Waals surface area contributed by atoms with Crippen molar-refractivity contribution < 1.29 is 9.53 Å². The highest BCUT2D eigenvalue weighted by Crippen LogP contribution is 2.19. The third kappa shape index (κ3) is 4.41. The maximum Gasteiger partial charge on any atom is 0.222 e. The summed E-state index contributed by atoms with van der Waals surface area (Å²) in [4.78, 5) is 14.1. The van der Waals surface area contributed by atoms with Crippen molar-refractivity contribution in [2.24, 2.45) is 5.92 Å². The average Bonchev–Trinajstić information content (AvgIpc) is 2.38. The van der Waals surface area contributed by atoms with Gasteiger partial charge in [-0.2, -0.15) is 0 Å². The van der Waals surface area contributed by atoms with Crippen LogP contribution in [0.4, 0.5) is 0 Å². The molecule has 1 unspecified atom stereocenters. The molecule has 2 aliphatic rings. The van der Waals surface area contributed by atoms with Gasteiger partial charge in [0, 0.05) is 13.0 Å². The number of carbonyl (C=O) groups is 1. The van der Waals surface area contributed by atoms with Crippen molar-refractivity contribution >= 4 is 18.3 Å². The molecule has 2 heterocycles.